The van der Waals surface area contributed by atoms with Crippen LogP contribution in [0.25, 0.3) is 22.6 Å². The van der Waals surface area contributed by atoms with Gasteiger partial charge in [0.1, 0.15) is 11.6 Å². The van der Waals surface area contributed by atoms with Crippen molar-refractivity contribution in [2.75, 3.05) is 6.54 Å². The number of nitriles is 2. The van der Waals surface area contributed by atoms with Crippen LogP contribution in [0.5, 0.6) is 11.6 Å². The molecule has 8 heteroatoms. The minimum Gasteiger partial charge on any atom is -0.438 e. The third-order valence-corrected chi connectivity index (χ3v) is 4.84. The van der Waals surface area contributed by atoms with Crippen LogP contribution >= 0.6 is 0 Å². The third-order valence-electron chi connectivity index (χ3n) is 4.84. The van der Waals surface area contributed by atoms with Gasteiger partial charge in [0, 0.05) is 24.0 Å². The Morgan fingerprint density at radius 3 is 2.45 bits per heavy atom. The van der Waals surface area contributed by atoms with Crippen molar-refractivity contribution in [1.29, 1.82) is 10.5 Å². The largest absolute Gasteiger partial charge is 0.438 e. The molecule has 0 bridgehead atoms. The summed E-state index contributed by atoms with van der Waals surface area (Å²) < 4.78 is 6.12. The Kier molecular flexibility index (Phi) is 6.31. The Morgan fingerprint density at radius 2 is 1.73 bits per heavy atom. The van der Waals surface area contributed by atoms with E-state index in [-0.39, 0.29) is 5.88 Å². The molecule has 8 nitrogen and oxygen atoms in total. The second-order valence-corrected chi connectivity index (χ2v) is 7.17. The summed E-state index contributed by atoms with van der Waals surface area (Å²) in [5.41, 5.74) is 9.32. The van der Waals surface area contributed by atoms with Crippen molar-refractivity contribution in [1.82, 2.24) is 19.9 Å². The molecule has 0 aliphatic rings. The van der Waals surface area contributed by atoms with Crippen molar-refractivity contribution in [2.45, 2.75) is 13.3 Å². The zero-order valence-corrected chi connectivity index (χ0v) is 17.9. The number of benzene rings is 2. The molecule has 0 aliphatic heterocycles. The molecule has 2 aromatic carbocycles. The topological polar surface area (TPSA) is 134 Å². The van der Waals surface area contributed by atoms with Crippen LogP contribution < -0.4 is 10.5 Å². The summed E-state index contributed by atoms with van der Waals surface area (Å²) in [5, 5.41) is 18.8. The maximum atomic E-state index is 9.45. The molecule has 0 spiro atoms. The van der Waals surface area contributed by atoms with E-state index in [1.165, 1.54) is 0 Å². The summed E-state index contributed by atoms with van der Waals surface area (Å²) in [6.07, 6.45) is 4.13. The number of nitrogens with two attached hydrogens (primary N) is 1. The number of ether oxygens (including phenoxy) is 1. The van der Waals surface area contributed by atoms with Crippen LogP contribution in [-0.2, 0) is 6.42 Å². The monoisotopic (exact) mass is 433 g/mol. The molecule has 0 radical (unpaired) electrons. The van der Waals surface area contributed by atoms with E-state index in [0.29, 0.717) is 58.3 Å². The van der Waals surface area contributed by atoms with Crippen molar-refractivity contribution >= 4 is 0 Å². The molecule has 0 fully saturated rings. The van der Waals surface area contributed by atoms with Gasteiger partial charge in [0.05, 0.1) is 34.5 Å². The van der Waals surface area contributed by atoms with Gasteiger partial charge in [-0.25, -0.2) is 15.0 Å². The first-order valence-electron chi connectivity index (χ1n) is 10.2. The average Bonchev–Trinajstić information content (AvgIpc) is 2.84. The standard InChI is InChI=1S/C25H19N7O/c1-16-31-22(20-5-3-2-4-19(20)13-28)11-24(32-16)33-23-10-17(12-27)6-7-21(23)25-29-14-18(8-9-26)15-30-25/h2-7,10-11,14-15H,8-9,26H2,1H3. The van der Waals surface area contributed by atoms with E-state index < -0.39 is 0 Å². The van der Waals surface area contributed by atoms with Crippen LogP contribution in [0.3, 0.4) is 0 Å². The number of rotatable bonds is 6. The van der Waals surface area contributed by atoms with E-state index in [1.807, 2.05) is 12.1 Å². The number of hydrogen-bond donors (Lipinski definition) is 1. The lowest BCUT2D eigenvalue weighted by molar-refractivity contribution is 0.461. The fraction of sp³-hybridized carbons (Fsp3) is 0.120. The highest BCUT2D eigenvalue weighted by atomic mass is 16.5. The zero-order valence-electron chi connectivity index (χ0n) is 17.9. The highest BCUT2D eigenvalue weighted by Gasteiger charge is 2.15. The van der Waals surface area contributed by atoms with E-state index >= 15 is 0 Å². The summed E-state index contributed by atoms with van der Waals surface area (Å²) in [6, 6.07) is 18.2. The van der Waals surface area contributed by atoms with E-state index in [9.17, 15) is 10.5 Å². The molecule has 0 amide bonds. The molecule has 0 atom stereocenters. The smallest absolute Gasteiger partial charge is 0.223 e. The summed E-state index contributed by atoms with van der Waals surface area (Å²) in [4.78, 5) is 17.7. The van der Waals surface area contributed by atoms with Gasteiger partial charge in [-0.05, 0) is 49.7 Å². The van der Waals surface area contributed by atoms with Gasteiger partial charge in [-0.15, -0.1) is 0 Å². The second-order valence-electron chi connectivity index (χ2n) is 7.17. The second kappa shape index (κ2) is 9.65. The van der Waals surface area contributed by atoms with E-state index in [0.717, 1.165) is 5.56 Å². The number of nitrogens with zero attached hydrogens (tertiary/aromatic N) is 6. The molecule has 33 heavy (non-hydrogen) atoms. The van der Waals surface area contributed by atoms with Gasteiger partial charge in [0.25, 0.3) is 0 Å². The lowest BCUT2D eigenvalue weighted by atomic mass is 10.1. The minimum absolute atomic E-state index is 0.279. The molecule has 2 N–H and O–H groups in total. The van der Waals surface area contributed by atoms with Crippen LogP contribution in [0.2, 0.25) is 0 Å². The summed E-state index contributed by atoms with van der Waals surface area (Å²) in [6.45, 7) is 2.26. The normalized spacial score (nSPS) is 10.3. The van der Waals surface area contributed by atoms with Crippen LogP contribution in [0, 0.1) is 29.6 Å². The fourth-order valence-electron chi connectivity index (χ4n) is 3.30. The highest BCUT2D eigenvalue weighted by Crippen LogP contribution is 2.33. The summed E-state index contributed by atoms with van der Waals surface area (Å²) in [7, 11) is 0. The van der Waals surface area contributed by atoms with E-state index in [2.05, 4.69) is 32.1 Å². The quantitative estimate of drug-likeness (QED) is 0.483. The van der Waals surface area contributed by atoms with E-state index in [1.54, 1.807) is 55.7 Å². The SMILES string of the molecule is Cc1nc(Oc2cc(C#N)ccc2-c2ncc(CCN)cn2)cc(-c2ccccc2C#N)n1. The van der Waals surface area contributed by atoms with Crippen molar-refractivity contribution in [3.8, 4) is 46.4 Å². The Hall–Kier alpha value is -4.66. The first-order valence-corrected chi connectivity index (χ1v) is 10.2. The molecule has 2 aromatic heterocycles. The van der Waals surface area contributed by atoms with Gasteiger partial charge in [-0.3, -0.25) is 0 Å². The summed E-state index contributed by atoms with van der Waals surface area (Å²) >= 11 is 0. The average molecular weight is 433 g/mol. The maximum absolute atomic E-state index is 9.45. The predicted molar refractivity (Wildman–Crippen MR) is 122 cm³/mol. The van der Waals surface area contributed by atoms with Crippen LogP contribution in [0.1, 0.15) is 22.5 Å². The molecule has 0 saturated carbocycles. The first kappa shape index (κ1) is 21.6. The molecule has 4 rings (SSSR count). The van der Waals surface area contributed by atoms with Crippen molar-refractivity contribution in [3.63, 3.8) is 0 Å². The molecular formula is C25H19N7O. The van der Waals surface area contributed by atoms with Crippen LogP contribution in [0.4, 0.5) is 0 Å². The lowest BCUT2D eigenvalue weighted by Gasteiger charge is -2.12. The molecule has 2 heterocycles. The Bertz CT molecular complexity index is 1390. The number of aromatic nitrogens is 4. The van der Waals surface area contributed by atoms with Crippen molar-refractivity contribution in [2.24, 2.45) is 5.73 Å². The molecule has 0 unspecified atom stereocenters. The predicted octanol–water partition coefficient (Wildman–Crippen LogP) is 3.95. The van der Waals surface area contributed by atoms with Crippen molar-refractivity contribution < 1.29 is 4.74 Å². The number of aryl methyl sites for hydroxylation is 1. The molecule has 4 aromatic rings. The molecule has 0 saturated heterocycles. The molecule has 0 aliphatic carbocycles. The fourth-order valence-corrected chi connectivity index (χ4v) is 3.30. The lowest BCUT2D eigenvalue weighted by Crippen LogP contribution is -2.04. The van der Waals surface area contributed by atoms with Gasteiger partial charge in [-0.1, -0.05) is 18.2 Å². The summed E-state index contributed by atoms with van der Waals surface area (Å²) in [5.74, 6) is 1.60. The van der Waals surface area contributed by atoms with Crippen LogP contribution in [-0.4, -0.2) is 26.5 Å². The van der Waals surface area contributed by atoms with E-state index in [4.69, 9.17) is 10.5 Å². The van der Waals surface area contributed by atoms with Gasteiger partial charge in [-0.2, -0.15) is 15.5 Å². The van der Waals surface area contributed by atoms with Gasteiger partial charge >= 0.3 is 0 Å². The van der Waals surface area contributed by atoms with Gasteiger partial charge < -0.3 is 10.5 Å². The van der Waals surface area contributed by atoms with Gasteiger partial charge in [0.2, 0.25) is 5.88 Å². The highest BCUT2D eigenvalue weighted by molar-refractivity contribution is 5.69. The van der Waals surface area contributed by atoms with Crippen LogP contribution in [0.15, 0.2) is 60.9 Å². The third kappa shape index (κ3) is 4.82. The molecule has 160 valence electrons. The Balaban J connectivity index is 1.75. The Morgan fingerprint density at radius 1 is 0.939 bits per heavy atom. The molecular weight excluding hydrogens is 414 g/mol. The van der Waals surface area contributed by atoms with Crippen molar-refractivity contribution in [3.05, 3.63) is 83.4 Å². The first-order chi connectivity index (χ1) is 16.1. The zero-order chi connectivity index (χ0) is 23.2. The Labute approximate surface area is 191 Å². The number of hydrogen-bond acceptors (Lipinski definition) is 8. The maximum Gasteiger partial charge on any atom is 0.223 e. The minimum atomic E-state index is 0.279. The van der Waals surface area contributed by atoms with Gasteiger partial charge in [0.15, 0.2) is 5.82 Å².